The van der Waals surface area contributed by atoms with E-state index >= 15 is 0 Å². The Morgan fingerprint density at radius 3 is 2.64 bits per heavy atom. The topological polar surface area (TPSA) is 36.7 Å². The zero-order chi connectivity index (χ0) is 10.7. The monoisotopic (exact) mass is 324 g/mol. The van der Waals surface area contributed by atoms with Crippen molar-refractivity contribution in [1.82, 2.24) is 4.98 Å². The molecule has 0 aliphatic carbocycles. The molecule has 0 saturated heterocycles. The van der Waals surface area contributed by atoms with Crippen molar-refractivity contribution < 1.29 is 8.78 Å². The molecule has 0 aliphatic heterocycles. The van der Waals surface area contributed by atoms with Crippen LogP contribution in [0.25, 0.3) is 0 Å². The Morgan fingerprint density at radius 1 is 1.57 bits per heavy atom. The number of aromatic nitrogens is 1. The molecular formula is C8H4Br2F2N2. The molecule has 0 N–H and O–H groups in total. The highest BCUT2D eigenvalue weighted by atomic mass is 79.9. The molecule has 14 heavy (non-hydrogen) atoms. The first-order valence-electron chi connectivity index (χ1n) is 3.53. The summed E-state index contributed by atoms with van der Waals surface area (Å²) < 4.78 is 25.0. The number of halogens is 4. The van der Waals surface area contributed by atoms with Crippen LogP contribution in [0.4, 0.5) is 8.78 Å². The first-order valence-corrected chi connectivity index (χ1v) is 5.45. The smallest absolute Gasteiger partial charge is 0.250 e. The van der Waals surface area contributed by atoms with Gasteiger partial charge in [0.05, 0.1) is 15.7 Å². The molecule has 1 heterocycles. The second kappa shape index (κ2) is 4.80. The maximum Gasteiger partial charge on any atom is 0.281 e. The third kappa shape index (κ3) is 2.28. The summed E-state index contributed by atoms with van der Waals surface area (Å²) in [6, 6.07) is 3.29. The number of alkyl halides is 3. The molecule has 0 unspecified atom stereocenters. The van der Waals surface area contributed by atoms with Crippen molar-refractivity contribution in [3.8, 4) is 6.07 Å². The van der Waals surface area contributed by atoms with Crippen LogP contribution in [0.5, 0.6) is 0 Å². The molecule has 0 atom stereocenters. The molecule has 6 heteroatoms. The van der Waals surface area contributed by atoms with E-state index < -0.39 is 12.1 Å². The predicted molar refractivity (Wildman–Crippen MR) is 54.2 cm³/mol. The van der Waals surface area contributed by atoms with Crippen LogP contribution < -0.4 is 0 Å². The summed E-state index contributed by atoms with van der Waals surface area (Å²) in [5.41, 5.74) is 0.198. The van der Waals surface area contributed by atoms with Gasteiger partial charge in [0.25, 0.3) is 6.43 Å². The molecule has 0 aliphatic rings. The fourth-order valence-electron chi connectivity index (χ4n) is 0.898. The predicted octanol–water partition coefficient (Wildman–Crippen LogP) is 3.55. The van der Waals surface area contributed by atoms with E-state index in [-0.39, 0.29) is 10.0 Å². The van der Waals surface area contributed by atoms with Crippen LogP contribution in [-0.2, 0) is 5.33 Å². The van der Waals surface area contributed by atoms with Crippen molar-refractivity contribution in [1.29, 1.82) is 5.26 Å². The lowest BCUT2D eigenvalue weighted by Crippen LogP contribution is -1.98. The highest BCUT2D eigenvalue weighted by molar-refractivity contribution is 9.10. The fraction of sp³-hybridized carbons (Fsp3) is 0.250. The van der Waals surface area contributed by atoms with Gasteiger partial charge in [-0.2, -0.15) is 5.26 Å². The minimum absolute atomic E-state index is 0.0692. The van der Waals surface area contributed by atoms with Crippen molar-refractivity contribution in [3.63, 3.8) is 0 Å². The van der Waals surface area contributed by atoms with Gasteiger partial charge in [0, 0.05) is 5.33 Å². The molecule has 0 radical (unpaired) electrons. The molecule has 1 rings (SSSR count). The second-order valence-electron chi connectivity index (χ2n) is 2.41. The summed E-state index contributed by atoms with van der Waals surface area (Å²) in [7, 11) is 0. The normalized spacial score (nSPS) is 10.3. The zero-order valence-electron chi connectivity index (χ0n) is 6.77. The molecule has 1 aromatic heterocycles. The highest BCUT2D eigenvalue weighted by Crippen LogP contribution is 2.29. The Hall–Kier alpha value is -0.540. The van der Waals surface area contributed by atoms with Crippen molar-refractivity contribution in [3.05, 3.63) is 27.5 Å². The fourth-order valence-corrected chi connectivity index (χ4v) is 1.65. The van der Waals surface area contributed by atoms with E-state index in [1.165, 1.54) is 6.07 Å². The Morgan fingerprint density at radius 2 is 2.21 bits per heavy atom. The van der Waals surface area contributed by atoms with E-state index in [0.717, 1.165) is 0 Å². The molecule has 2 nitrogen and oxygen atoms in total. The molecule has 74 valence electrons. The lowest BCUT2D eigenvalue weighted by atomic mass is 10.2. The maximum absolute atomic E-state index is 12.4. The number of hydrogen-bond donors (Lipinski definition) is 0. The number of rotatable bonds is 2. The molecule has 0 amide bonds. The van der Waals surface area contributed by atoms with Crippen molar-refractivity contribution >= 4 is 31.9 Å². The van der Waals surface area contributed by atoms with Crippen LogP contribution in [-0.4, -0.2) is 4.98 Å². The summed E-state index contributed by atoms with van der Waals surface area (Å²) in [6.45, 7) is 0. The second-order valence-corrected chi connectivity index (χ2v) is 3.76. The zero-order valence-corrected chi connectivity index (χ0v) is 9.94. The minimum atomic E-state index is -2.68. The largest absolute Gasteiger partial charge is 0.281 e. The van der Waals surface area contributed by atoms with Crippen LogP contribution in [0.3, 0.4) is 0 Å². The van der Waals surface area contributed by atoms with Gasteiger partial charge in [-0.1, -0.05) is 15.9 Å². The van der Waals surface area contributed by atoms with Gasteiger partial charge >= 0.3 is 0 Å². The van der Waals surface area contributed by atoms with Crippen LogP contribution >= 0.6 is 31.9 Å². The summed E-state index contributed by atoms with van der Waals surface area (Å²) in [6.07, 6.45) is -2.68. The molecule has 0 aromatic carbocycles. The lowest BCUT2D eigenvalue weighted by molar-refractivity contribution is 0.145. The van der Waals surface area contributed by atoms with Crippen LogP contribution in [0.15, 0.2) is 10.5 Å². The van der Waals surface area contributed by atoms with E-state index in [9.17, 15) is 8.78 Å². The Labute approximate surface area is 96.2 Å². The van der Waals surface area contributed by atoms with Crippen molar-refractivity contribution in [2.24, 2.45) is 0 Å². The molecule has 1 aromatic rings. The van der Waals surface area contributed by atoms with E-state index in [1.807, 2.05) is 6.07 Å². The molecule has 0 spiro atoms. The van der Waals surface area contributed by atoms with Gasteiger partial charge in [-0.3, -0.25) is 0 Å². The SMILES string of the molecule is N#Cc1cc(CBr)nc(C(F)F)c1Br. The van der Waals surface area contributed by atoms with Gasteiger partial charge in [0.15, 0.2) is 0 Å². The summed E-state index contributed by atoms with van der Waals surface area (Å²) >= 11 is 6.02. The highest BCUT2D eigenvalue weighted by Gasteiger charge is 2.17. The van der Waals surface area contributed by atoms with Crippen LogP contribution in [0, 0.1) is 11.3 Å². The maximum atomic E-state index is 12.4. The van der Waals surface area contributed by atoms with E-state index in [0.29, 0.717) is 11.0 Å². The van der Waals surface area contributed by atoms with Gasteiger partial charge in [0.1, 0.15) is 11.8 Å². The third-order valence-electron chi connectivity index (χ3n) is 1.50. The standard InChI is InChI=1S/C8H4Br2F2N2/c9-2-5-1-4(3-13)6(10)7(14-5)8(11)12/h1,8H,2H2. The van der Waals surface area contributed by atoms with Crippen LogP contribution in [0.2, 0.25) is 0 Å². The average molecular weight is 326 g/mol. The number of hydrogen-bond acceptors (Lipinski definition) is 2. The Balaban J connectivity index is 3.36. The molecule has 0 fully saturated rings. The quantitative estimate of drug-likeness (QED) is 0.780. The van der Waals surface area contributed by atoms with E-state index in [1.54, 1.807) is 0 Å². The van der Waals surface area contributed by atoms with Gasteiger partial charge in [-0.05, 0) is 22.0 Å². The number of pyridine rings is 1. The Kier molecular flexibility index (Phi) is 3.96. The average Bonchev–Trinajstić information content (AvgIpc) is 2.17. The lowest BCUT2D eigenvalue weighted by Gasteiger charge is -2.05. The first kappa shape index (κ1) is 11.5. The van der Waals surface area contributed by atoms with Gasteiger partial charge in [0.2, 0.25) is 0 Å². The van der Waals surface area contributed by atoms with Gasteiger partial charge < -0.3 is 0 Å². The molecular weight excluding hydrogens is 322 g/mol. The van der Waals surface area contributed by atoms with Gasteiger partial charge in [-0.25, -0.2) is 13.8 Å². The summed E-state index contributed by atoms with van der Waals surface area (Å²) in [4.78, 5) is 3.70. The first-order chi connectivity index (χ1) is 6.60. The number of nitrogens with zero attached hydrogens (tertiary/aromatic N) is 2. The van der Waals surface area contributed by atoms with Crippen LogP contribution in [0.1, 0.15) is 23.4 Å². The van der Waals surface area contributed by atoms with Crippen molar-refractivity contribution in [2.45, 2.75) is 11.8 Å². The van der Waals surface area contributed by atoms with Gasteiger partial charge in [-0.15, -0.1) is 0 Å². The third-order valence-corrected chi connectivity index (χ3v) is 2.91. The summed E-state index contributed by atoms with van der Waals surface area (Å²) in [5, 5.41) is 9.02. The Bertz CT molecular complexity index is 388. The van der Waals surface area contributed by atoms with E-state index in [2.05, 4.69) is 36.8 Å². The summed E-state index contributed by atoms with van der Waals surface area (Å²) in [5.74, 6) is 0. The van der Waals surface area contributed by atoms with Crippen molar-refractivity contribution in [2.75, 3.05) is 0 Å². The number of nitriles is 1. The molecule has 0 bridgehead atoms. The molecule has 0 saturated carbocycles. The van der Waals surface area contributed by atoms with E-state index in [4.69, 9.17) is 5.26 Å². The minimum Gasteiger partial charge on any atom is -0.250 e.